The summed E-state index contributed by atoms with van der Waals surface area (Å²) >= 11 is 0. The summed E-state index contributed by atoms with van der Waals surface area (Å²) in [5.41, 5.74) is 10.7. The van der Waals surface area contributed by atoms with Crippen molar-refractivity contribution in [1.29, 1.82) is 0 Å². The molecule has 4 aromatic carbocycles. The van der Waals surface area contributed by atoms with Crippen molar-refractivity contribution in [3.05, 3.63) is 137 Å². The number of fused-ring (bicyclic) bond motifs is 3. The van der Waals surface area contributed by atoms with Crippen LogP contribution in [-0.4, -0.2) is 18.0 Å². The van der Waals surface area contributed by atoms with Crippen molar-refractivity contribution in [3.8, 4) is 33.6 Å². The van der Waals surface area contributed by atoms with Crippen molar-refractivity contribution in [3.63, 3.8) is 0 Å². The molecule has 0 N–H and O–H groups in total. The fourth-order valence-electron chi connectivity index (χ4n) is 6.50. The second kappa shape index (κ2) is 14.9. The summed E-state index contributed by atoms with van der Waals surface area (Å²) in [5, 5.41) is 2.12. The number of benzene rings is 4. The van der Waals surface area contributed by atoms with Gasteiger partial charge in [-0.2, -0.15) is 0 Å². The minimum atomic E-state index is -1.50. The number of hydrogen-bond donors (Lipinski definition) is 0. The Morgan fingerprint density at radius 1 is 0.840 bits per heavy atom. The normalized spacial score (nSPS) is 11.9. The second-order valence-corrected chi connectivity index (χ2v) is 18.8. The topological polar surface area (TPSA) is 38.9 Å². The van der Waals surface area contributed by atoms with E-state index in [9.17, 15) is 8.78 Å². The molecule has 7 aromatic rings. The Balaban J connectivity index is 0.000000211. The second-order valence-electron chi connectivity index (χ2n) is 13.8. The Bertz CT molecular complexity index is 2340. The summed E-state index contributed by atoms with van der Waals surface area (Å²) in [7, 11) is -1.50. The van der Waals surface area contributed by atoms with Gasteiger partial charge in [0, 0.05) is 51.4 Å². The molecule has 0 fully saturated rings. The molecule has 3 nitrogen and oxygen atoms in total. The maximum Gasteiger partial charge on any atom is 0.136 e. The molecule has 3 aromatic heterocycles. The zero-order valence-corrected chi connectivity index (χ0v) is 32.9. The van der Waals surface area contributed by atoms with E-state index in [1.807, 2.05) is 56.4 Å². The molecule has 50 heavy (non-hydrogen) atoms. The van der Waals surface area contributed by atoms with E-state index in [0.717, 1.165) is 34.0 Å². The van der Waals surface area contributed by atoms with E-state index in [2.05, 4.69) is 80.7 Å². The third kappa shape index (κ3) is 7.56. The summed E-state index contributed by atoms with van der Waals surface area (Å²) in [6, 6.07) is 30.1. The van der Waals surface area contributed by atoms with Gasteiger partial charge in [0.25, 0.3) is 0 Å². The Kier molecular flexibility index (Phi) is 10.6. The van der Waals surface area contributed by atoms with Crippen molar-refractivity contribution < 1.29 is 34.7 Å². The molecule has 0 atom stereocenters. The van der Waals surface area contributed by atoms with Crippen LogP contribution in [0.25, 0.3) is 55.6 Å². The zero-order valence-electron chi connectivity index (χ0n) is 30.6. The molecule has 0 bridgehead atoms. The average molecular weight is 860 g/mol. The number of nitrogens with zero attached hydrogens (tertiary/aromatic N) is 2. The minimum Gasteiger partial charge on any atom is -0.500 e. The Morgan fingerprint density at radius 3 is 2.24 bits per heavy atom. The first kappa shape index (κ1) is 35.5. The van der Waals surface area contributed by atoms with Crippen LogP contribution in [0.3, 0.4) is 0 Å². The van der Waals surface area contributed by atoms with Crippen LogP contribution in [0.5, 0.6) is 0 Å². The summed E-state index contributed by atoms with van der Waals surface area (Å²) < 4.78 is 42.4. The molecule has 0 amide bonds. The predicted octanol–water partition coefficient (Wildman–Crippen LogP) is 11.5. The summed E-state index contributed by atoms with van der Waals surface area (Å²) in [6.45, 7) is 17.1. The van der Waals surface area contributed by atoms with Crippen molar-refractivity contribution in [2.45, 2.75) is 60.2 Å². The van der Waals surface area contributed by atoms with Gasteiger partial charge in [0.05, 0.1) is 13.7 Å². The standard InChI is InChI=1S/C26H18F2NO.C17H22NSi.Ir/c1-14-9-15(2)24(16(3)10-14)17-7-8-29-22(11-17)19-5-4-6-20-25-21(28)12-18(27)13-23(25)30-26(19)20;1-13(2)15-11-16(14-9-7-6-8-10-14)18-12-17(15)19(3,4)5;/h4,6-13H,1-3H3;6-9,11-13H,1-5H3;/q2*-1;/i;13D;. The number of aromatic nitrogens is 2. The number of hydrogen-bond acceptors (Lipinski definition) is 3. The van der Waals surface area contributed by atoms with Gasteiger partial charge < -0.3 is 14.4 Å². The van der Waals surface area contributed by atoms with Gasteiger partial charge in [0.1, 0.15) is 17.2 Å². The Hall–Kier alpha value is -4.29. The quantitative estimate of drug-likeness (QED) is 0.128. The van der Waals surface area contributed by atoms with E-state index in [4.69, 9.17) is 5.79 Å². The molecule has 7 rings (SSSR count). The number of pyridine rings is 2. The SMILES string of the molecule is Cc1cc(C)c(-c2ccnc(-c3[c-]ccc4c3oc3cc(F)cc(F)c34)c2)c(C)c1.[2H]C(C)(C)c1cc(-c2[c-]cccc2)ncc1[Si](C)(C)C.[Ir]. The number of furan rings is 1. The molecule has 0 aliphatic heterocycles. The molecular formula is C43H40F2IrN2OSi-2. The first-order chi connectivity index (χ1) is 23.6. The van der Waals surface area contributed by atoms with Crippen molar-refractivity contribution in [2.24, 2.45) is 0 Å². The van der Waals surface area contributed by atoms with Gasteiger partial charge >= 0.3 is 0 Å². The number of rotatable bonds is 5. The van der Waals surface area contributed by atoms with Crippen LogP contribution < -0.4 is 5.19 Å². The van der Waals surface area contributed by atoms with E-state index in [1.165, 1.54) is 27.9 Å². The predicted molar refractivity (Wildman–Crippen MR) is 201 cm³/mol. The first-order valence-electron chi connectivity index (χ1n) is 16.9. The van der Waals surface area contributed by atoms with E-state index >= 15 is 0 Å². The zero-order chi connectivity index (χ0) is 36.0. The van der Waals surface area contributed by atoms with Crippen molar-refractivity contribution in [2.75, 3.05) is 0 Å². The maximum atomic E-state index is 14.4. The van der Waals surface area contributed by atoms with E-state index in [-0.39, 0.29) is 31.1 Å². The molecule has 1 radical (unpaired) electrons. The van der Waals surface area contributed by atoms with E-state index in [0.29, 0.717) is 22.2 Å². The van der Waals surface area contributed by atoms with E-state index in [1.54, 1.807) is 18.3 Å². The molecule has 0 spiro atoms. The Morgan fingerprint density at radius 2 is 1.58 bits per heavy atom. The smallest absolute Gasteiger partial charge is 0.136 e. The van der Waals surface area contributed by atoms with Crippen LogP contribution in [0.4, 0.5) is 8.78 Å². The van der Waals surface area contributed by atoms with Gasteiger partial charge in [-0.25, -0.2) is 8.78 Å². The van der Waals surface area contributed by atoms with Gasteiger partial charge in [-0.1, -0.05) is 79.8 Å². The van der Waals surface area contributed by atoms with Gasteiger partial charge in [-0.15, -0.1) is 54.1 Å². The maximum absolute atomic E-state index is 14.4. The van der Waals surface area contributed by atoms with Crippen LogP contribution in [-0.2, 0) is 20.1 Å². The Labute approximate surface area is 309 Å². The van der Waals surface area contributed by atoms with Gasteiger partial charge in [0.15, 0.2) is 0 Å². The summed E-state index contributed by atoms with van der Waals surface area (Å²) in [4.78, 5) is 9.12. The van der Waals surface area contributed by atoms with Crippen molar-refractivity contribution in [1.82, 2.24) is 9.97 Å². The molecule has 3 heterocycles. The number of aryl methyl sites for hydroxylation is 3. The molecule has 257 valence electrons. The monoisotopic (exact) mass is 860 g/mol. The third-order valence-corrected chi connectivity index (χ3v) is 10.7. The minimum absolute atomic E-state index is 0. The molecule has 0 aliphatic carbocycles. The molecular weight excluding hydrogens is 819 g/mol. The first-order valence-corrected chi connectivity index (χ1v) is 19.9. The number of halogens is 2. The molecule has 7 heteroatoms. The molecule has 0 unspecified atom stereocenters. The van der Waals surface area contributed by atoms with E-state index < -0.39 is 25.6 Å². The van der Waals surface area contributed by atoms with Crippen LogP contribution in [0.2, 0.25) is 19.6 Å². The summed E-state index contributed by atoms with van der Waals surface area (Å²) in [6.07, 6.45) is 3.73. The fraction of sp³-hybridized carbons (Fsp3) is 0.209. The average Bonchev–Trinajstić information content (AvgIpc) is 3.43. The molecule has 0 saturated carbocycles. The van der Waals surface area contributed by atoms with Crippen LogP contribution in [0.15, 0.2) is 95.7 Å². The van der Waals surface area contributed by atoms with Gasteiger partial charge in [-0.05, 0) is 71.6 Å². The molecule has 0 saturated heterocycles. The third-order valence-electron chi connectivity index (χ3n) is 8.67. The summed E-state index contributed by atoms with van der Waals surface area (Å²) in [5.74, 6) is -1.93. The van der Waals surface area contributed by atoms with Crippen molar-refractivity contribution >= 4 is 35.2 Å². The fourth-order valence-corrected chi connectivity index (χ4v) is 8.09. The van der Waals surface area contributed by atoms with Crippen LogP contribution in [0, 0.1) is 44.5 Å². The molecule has 0 aliphatic rings. The van der Waals surface area contributed by atoms with Gasteiger partial charge in [0.2, 0.25) is 0 Å². The van der Waals surface area contributed by atoms with Crippen LogP contribution >= 0.6 is 0 Å². The van der Waals surface area contributed by atoms with Crippen LogP contribution in [0.1, 0.15) is 43.4 Å². The van der Waals surface area contributed by atoms with Gasteiger partial charge in [-0.3, -0.25) is 0 Å². The largest absolute Gasteiger partial charge is 0.500 e.